The molecule has 12 nitrogen and oxygen atoms in total. The molecule has 20 heteroatoms. The number of rotatable bonds is 12. The zero-order valence-electron chi connectivity index (χ0n) is 40.2. The van der Waals surface area contributed by atoms with Gasteiger partial charge in [-0.05, 0) is 85.2 Å². The Morgan fingerprint density at radius 1 is 0.417 bits per heavy atom. The molecule has 5 aromatic carbocycles. The first-order chi connectivity index (χ1) is 34.8. The van der Waals surface area contributed by atoms with E-state index >= 15 is 0 Å². The van der Waals surface area contributed by atoms with Crippen LogP contribution in [0.4, 0.5) is 0 Å². The highest BCUT2D eigenvalue weighted by Gasteiger charge is 2.21. The third-order valence-electron chi connectivity index (χ3n) is 11.6. The van der Waals surface area contributed by atoms with Crippen LogP contribution < -0.4 is 42.5 Å². The smallest absolute Gasteiger partial charge is 0.191 e. The molecule has 0 aromatic heterocycles. The van der Waals surface area contributed by atoms with Crippen LogP contribution >= 0.6 is 92.8 Å². The van der Waals surface area contributed by atoms with Gasteiger partial charge in [0.25, 0.3) is 0 Å². The predicted molar refractivity (Wildman–Crippen MR) is 307 cm³/mol. The Hall–Kier alpha value is -4.50. The van der Waals surface area contributed by atoms with E-state index in [1.165, 1.54) is 5.56 Å². The van der Waals surface area contributed by atoms with Crippen LogP contribution in [0.1, 0.15) is 85.6 Å². The fourth-order valence-electron chi connectivity index (χ4n) is 7.82. The van der Waals surface area contributed by atoms with Gasteiger partial charge in [0.05, 0.1) is 90.5 Å². The van der Waals surface area contributed by atoms with Crippen LogP contribution in [0.25, 0.3) is 0 Å². The topological polar surface area (TPSA) is 146 Å². The Balaban J connectivity index is 0.000000159. The molecule has 9 rings (SSSR count). The van der Waals surface area contributed by atoms with Crippen LogP contribution in [-0.4, -0.2) is 76.2 Å². The van der Waals surface area contributed by atoms with E-state index in [0.29, 0.717) is 40.2 Å². The number of benzene rings is 5. The van der Waals surface area contributed by atoms with Crippen LogP contribution in [-0.2, 0) is 6.42 Å². The van der Waals surface area contributed by atoms with Crippen molar-refractivity contribution in [3.05, 3.63) is 171 Å². The van der Waals surface area contributed by atoms with E-state index in [0.717, 1.165) is 118 Å². The summed E-state index contributed by atoms with van der Waals surface area (Å²) < 4.78 is 0. The highest BCUT2D eigenvalue weighted by Crippen LogP contribution is 2.34. The number of hydrogen-bond donors (Lipinski definition) is 8. The van der Waals surface area contributed by atoms with E-state index in [1.807, 2.05) is 74.5 Å². The van der Waals surface area contributed by atoms with Gasteiger partial charge in [-0.25, -0.2) is 0 Å². The van der Waals surface area contributed by atoms with Crippen molar-refractivity contribution in [3.8, 4) is 0 Å². The molecule has 72 heavy (non-hydrogen) atoms. The largest absolute Gasteiger partial charge is 0.355 e. The van der Waals surface area contributed by atoms with Crippen molar-refractivity contribution in [1.82, 2.24) is 42.5 Å². The first-order valence-corrected chi connectivity index (χ1v) is 26.8. The normalized spacial score (nSPS) is 16.0. The second-order valence-corrected chi connectivity index (χ2v) is 19.9. The molecule has 2 unspecified atom stereocenters. The Morgan fingerprint density at radius 3 is 1.11 bits per heavy atom. The van der Waals surface area contributed by atoms with Gasteiger partial charge in [-0.15, -0.1) is 0 Å². The second-order valence-electron chi connectivity index (χ2n) is 16.8. The van der Waals surface area contributed by atoms with Gasteiger partial charge in [-0.2, -0.15) is 0 Å². The molecule has 4 aliphatic heterocycles. The van der Waals surface area contributed by atoms with Crippen molar-refractivity contribution in [1.29, 1.82) is 0 Å². The lowest BCUT2D eigenvalue weighted by atomic mass is 9.99. The number of nitrogens with one attached hydrogen (secondary N) is 8. The molecule has 4 aliphatic rings. The van der Waals surface area contributed by atoms with Gasteiger partial charge in [0.2, 0.25) is 0 Å². The molecule has 0 aliphatic carbocycles. The Labute approximate surface area is 463 Å². The second kappa shape index (κ2) is 29.4. The van der Waals surface area contributed by atoms with Crippen molar-refractivity contribution in [2.24, 2.45) is 20.0 Å². The molecule has 0 radical (unpaired) electrons. The quantitative estimate of drug-likeness (QED) is 0.0617. The minimum absolute atomic E-state index is 0.0609. The molecule has 0 saturated heterocycles. The molecule has 4 heterocycles. The summed E-state index contributed by atoms with van der Waals surface area (Å²) in [7, 11) is 0. The van der Waals surface area contributed by atoms with Gasteiger partial charge >= 0.3 is 0 Å². The lowest BCUT2D eigenvalue weighted by Crippen LogP contribution is -2.37. The highest BCUT2D eigenvalue weighted by atomic mass is 35.5. The Bertz CT molecular complexity index is 2590. The lowest BCUT2D eigenvalue weighted by Gasteiger charge is -2.22. The fourth-order valence-corrected chi connectivity index (χ4v) is 9.65. The van der Waals surface area contributed by atoms with Crippen LogP contribution in [0, 0.1) is 0 Å². The molecule has 0 fully saturated rings. The molecular weight excluding hydrogens is 1080 g/mol. The monoisotopic (exact) mass is 1130 g/mol. The first kappa shape index (κ1) is 56.8. The van der Waals surface area contributed by atoms with Gasteiger partial charge in [0.1, 0.15) is 0 Å². The Morgan fingerprint density at radius 2 is 0.750 bits per heavy atom. The summed E-state index contributed by atoms with van der Waals surface area (Å²) in [6, 6.07) is 33.5. The summed E-state index contributed by atoms with van der Waals surface area (Å²) in [5, 5.41) is 30.8. The summed E-state index contributed by atoms with van der Waals surface area (Å²) in [6.07, 6.45) is 2.78. The zero-order valence-corrected chi connectivity index (χ0v) is 46.3. The summed E-state index contributed by atoms with van der Waals surface area (Å²) in [6.45, 7) is 13.0. The van der Waals surface area contributed by atoms with Crippen molar-refractivity contribution >= 4 is 117 Å². The van der Waals surface area contributed by atoms with Gasteiger partial charge in [0.15, 0.2) is 23.8 Å². The lowest BCUT2D eigenvalue weighted by molar-refractivity contribution is 0.584. The maximum atomic E-state index is 6.42. The standard InChI is InChI=1S/C18H19Cl2N3.C12H15Cl2N3.2C11H13Cl2N3/c19-15-8-4-7-14(17(15)20)16(23-18-21-11-12-22-18)10-9-13-5-2-1-3-6-13;1-2-10(17-12-15-6-7-16-12)8-4-3-5-9(13)11(8)14;2*1-7(16-11-14-5-6-15-11)8-3-2-4-9(12)10(8)13/h1-8,16H,9-12H2,(H2,21,22,23);3-5,10H,2,6-7H2,1H3,(H2,15,16,17);2*2-4,7H,5-6H2,1H3,(H2,14,15,16)/t;;2*7-/m..10/s1. The van der Waals surface area contributed by atoms with Crippen molar-refractivity contribution in [2.75, 3.05) is 52.4 Å². The van der Waals surface area contributed by atoms with Gasteiger partial charge < -0.3 is 42.5 Å². The number of aliphatic imine (C=N–C) groups is 4. The third-order valence-corrected chi connectivity index (χ3v) is 14.9. The highest BCUT2D eigenvalue weighted by molar-refractivity contribution is 6.44. The van der Waals surface area contributed by atoms with Crippen LogP contribution in [0.2, 0.25) is 40.2 Å². The van der Waals surface area contributed by atoms with Crippen molar-refractivity contribution in [2.45, 2.75) is 64.2 Å². The van der Waals surface area contributed by atoms with Crippen LogP contribution in [0.15, 0.2) is 123 Å². The maximum absolute atomic E-state index is 6.42. The number of halogens is 8. The van der Waals surface area contributed by atoms with Crippen molar-refractivity contribution < 1.29 is 0 Å². The van der Waals surface area contributed by atoms with Crippen LogP contribution in [0.3, 0.4) is 0 Å². The average Bonchev–Trinajstić information content (AvgIpc) is 4.26. The molecule has 0 bridgehead atoms. The SMILES string of the molecule is CCC(NC1=NCCN1)c1cccc(Cl)c1Cl.C[C@@H](NC1=NCCN1)c1cccc(Cl)c1Cl.C[C@H](NC1=NCCN1)c1cccc(Cl)c1Cl.Clc1cccc(C(CCc2ccccc2)NC2=NCCN2)c1Cl. The van der Waals surface area contributed by atoms with E-state index in [1.54, 1.807) is 18.2 Å². The van der Waals surface area contributed by atoms with E-state index in [2.05, 4.69) is 93.7 Å². The molecule has 0 spiro atoms. The molecule has 4 atom stereocenters. The maximum Gasteiger partial charge on any atom is 0.191 e. The van der Waals surface area contributed by atoms with Crippen LogP contribution in [0.5, 0.6) is 0 Å². The molecule has 384 valence electrons. The number of aryl methyl sites for hydroxylation is 1. The van der Waals surface area contributed by atoms with E-state index in [-0.39, 0.29) is 24.2 Å². The Kier molecular flexibility index (Phi) is 23.2. The molecule has 0 saturated carbocycles. The minimum atomic E-state index is 0.0609. The number of nitrogens with zero attached hydrogens (tertiary/aromatic N) is 4. The molecule has 8 N–H and O–H groups in total. The summed E-state index contributed by atoms with van der Waals surface area (Å²) in [5.41, 5.74) is 5.28. The van der Waals surface area contributed by atoms with E-state index < -0.39 is 0 Å². The van der Waals surface area contributed by atoms with Crippen molar-refractivity contribution in [3.63, 3.8) is 0 Å². The molecule has 5 aromatic rings. The van der Waals surface area contributed by atoms with Gasteiger partial charge in [0, 0.05) is 26.2 Å². The predicted octanol–water partition coefficient (Wildman–Crippen LogP) is 12.4. The molecule has 0 amide bonds. The number of guanidine groups is 4. The summed E-state index contributed by atoms with van der Waals surface area (Å²) >= 11 is 49.1. The average molecular weight is 1140 g/mol. The van der Waals surface area contributed by atoms with E-state index in [4.69, 9.17) is 92.8 Å². The first-order valence-electron chi connectivity index (χ1n) is 23.8. The van der Waals surface area contributed by atoms with Gasteiger partial charge in [-0.1, -0.05) is 179 Å². The fraction of sp³-hybridized carbons (Fsp3) is 0.346. The molecular formula is C52H60Cl8N12. The van der Waals surface area contributed by atoms with E-state index in [9.17, 15) is 0 Å². The third kappa shape index (κ3) is 17.0. The minimum Gasteiger partial charge on any atom is -0.355 e. The zero-order chi connectivity index (χ0) is 51.4. The summed E-state index contributed by atoms with van der Waals surface area (Å²) in [5.74, 6) is 3.32. The summed E-state index contributed by atoms with van der Waals surface area (Å²) in [4.78, 5) is 17.3. The van der Waals surface area contributed by atoms with Gasteiger partial charge in [-0.3, -0.25) is 20.0 Å². The number of hydrogen-bond acceptors (Lipinski definition) is 12.